The quantitative estimate of drug-likeness (QED) is 0.540. The number of halogens is 1. The zero-order valence-electron chi connectivity index (χ0n) is 7.40. The Morgan fingerprint density at radius 3 is 3.07 bits per heavy atom. The Kier molecular flexibility index (Phi) is 2.45. The lowest BCUT2D eigenvalue weighted by Crippen LogP contribution is -2.05. The van der Waals surface area contributed by atoms with Crippen molar-refractivity contribution in [2.45, 2.75) is 6.10 Å². The molecule has 0 aromatic heterocycles. The first kappa shape index (κ1) is 9.15. The molecule has 1 saturated heterocycles. The van der Waals surface area contributed by atoms with E-state index in [1.165, 1.54) is 12.1 Å². The summed E-state index contributed by atoms with van der Waals surface area (Å²) in [6, 6.07) is 3.85. The number of aldehydes is 1. The van der Waals surface area contributed by atoms with Gasteiger partial charge in [-0.2, -0.15) is 0 Å². The third-order valence-electron chi connectivity index (χ3n) is 1.93. The molecular formula is C10H9FO3. The van der Waals surface area contributed by atoms with Crippen LogP contribution in [0.4, 0.5) is 4.39 Å². The maximum atomic E-state index is 12.7. The Hall–Kier alpha value is -1.42. The third-order valence-corrected chi connectivity index (χ3v) is 1.93. The summed E-state index contributed by atoms with van der Waals surface area (Å²) in [7, 11) is 0. The second-order valence-corrected chi connectivity index (χ2v) is 3.07. The van der Waals surface area contributed by atoms with E-state index in [0.717, 1.165) is 6.07 Å². The number of carbonyl (C=O) groups excluding carboxylic acids is 1. The van der Waals surface area contributed by atoms with Gasteiger partial charge in [0.05, 0.1) is 12.2 Å². The standard InChI is InChI=1S/C10H9FO3/c11-8-1-2-10(7(3-8)4-12)14-6-9-5-13-9/h1-4,9H,5-6H2/t9-/m1/s1. The molecule has 0 N–H and O–H groups in total. The minimum Gasteiger partial charge on any atom is -0.490 e. The highest BCUT2D eigenvalue weighted by Crippen LogP contribution is 2.19. The Morgan fingerprint density at radius 1 is 1.64 bits per heavy atom. The van der Waals surface area contributed by atoms with E-state index in [4.69, 9.17) is 9.47 Å². The van der Waals surface area contributed by atoms with Gasteiger partial charge in [0.1, 0.15) is 24.3 Å². The first-order valence-electron chi connectivity index (χ1n) is 4.29. The van der Waals surface area contributed by atoms with Crippen LogP contribution in [0.2, 0.25) is 0 Å². The molecule has 1 atom stereocenters. The average molecular weight is 196 g/mol. The van der Waals surface area contributed by atoms with Crippen molar-refractivity contribution in [3.05, 3.63) is 29.6 Å². The minimum absolute atomic E-state index is 0.125. The summed E-state index contributed by atoms with van der Waals surface area (Å²) in [5, 5.41) is 0. The van der Waals surface area contributed by atoms with E-state index in [2.05, 4.69) is 0 Å². The fourth-order valence-electron chi connectivity index (χ4n) is 1.09. The average Bonchev–Trinajstić information content (AvgIpc) is 2.99. The predicted molar refractivity (Wildman–Crippen MR) is 47.0 cm³/mol. The normalized spacial score (nSPS) is 19.1. The van der Waals surface area contributed by atoms with Gasteiger partial charge >= 0.3 is 0 Å². The van der Waals surface area contributed by atoms with E-state index in [9.17, 15) is 9.18 Å². The first-order chi connectivity index (χ1) is 6.79. The lowest BCUT2D eigenvalue weighted by atomic mass is 10.2. The molecule has 2 rings (SSSR count). The van der Waals surface area contributed by atoms with Crippen LogP contribution in [-0.4, -0.2) is 25.6 Å². The topological polar surface area (TPSA) is 38.8 Å². The lowest BCUT2D eigenvalue weighted by Gasteiger charge is -2.06. The number of rotatable bonds is 4. The maximum absolute atomic E-state index is 12.7. The molecule has 74 valence electrons. The van der Waals surface area contributed by atoms with Crippen molar-refractivity contribution in [3.63, 3.8) is 0 Å². The van der Waals surface area contributed by atoms with Crippen LogP contribution in [0.5, 0.6) is 5.75 Å². The van der Waals surface area contributed by atoms with Gasteiger partial charge in [0.25, 0.3) is 0 Å². The molecule has 0 bridgehead atoms. The highest BCUT2D eigenvalue weighted by Gasteiger charge is 2.23. The van der Waals surface area contributed by atoms with Gasteiger partial charge in [-0.3, -0.25) is 4.79 Å². The smallest absolute Gasteiger partial charge is 0.153 e. The Bertz CT molecular complexity index is 347. The van der Waals surface area contributed by atoms with E-state index >= 15 is 0 Å². The van der Waals surface area contributed by atoms with E-state index < -0.39 is 5.82 Å². The van der Waals surface area contributed by atoms with Crippen LogP contribution in [0.25, 0.3) is 0 Å². The van der Waals surface area contributed by atoms with Gasteiger partial charge in [-0.1, -0.05) is 0 Å². The first-order valence-corrected chi connectivity index (χ1v) is 4.29. The monoisotopic (exact) mass is 196 g/mol. The van der Waals surface area contributed by atoms with E-state index in [1.54, 1.807) is 0 Å². The zero-order chi connectivity index (χ0) is 9.97. The molecule has 0 aliphatic carbocycles. The number of benzene rings is 1. The van der Waals surface area contributed by atoms with Crippen LogP contribution in [-0.2, 0) is 4.74 Å². The highest BCUT2D eigenvalue weighted by atomic mass is 19.1. The molecule has 14 heavy (non-hydrogen) atoms. The number of hydrogen-bond donors (Lipinski definition) is 0. The van der Waals surface area contributed by atoms with Crippen LogP contribution >= 0.6 is 0 Å². The van der Waals surface area contributed by atoms with Gasteiger partial charge in [-0.05, 0) is 18.2 Å². The van der Waals surface area contributed by atoms with Crippen molar-refractivity contribution in [1.29, 1.82) is 0 Å². The molecule has 0 radical (unpaired) electrons. The highest BCUT2D eigenvalue weighted by molar-refractivity contribution is 5.79. The van der Waals surface area contributed by atoms with Gasteiger partial charge < -0.3 is 9.47 Å². The lowest BCUT2D eigenvalue weighted by molar-refractivity contribution is 0.111. The summed E-state index contributed by atoms with van der Waals surface area (Å²) in [6.07, 6.45) is 0.700. The van der Waals surface area contributed by atoms with E-state index in [0.29, 0.717) is 25.2 Å². The van der Waals surface area contributed by atoms with Crippen molar-refractivity contribution in [3.8, 4) is 5.75 Å². The summed E-state index contributed by atoms with van der Waals surface area (Å²) in [5.74, 6) is -0.0426. The zero-order valence-corrected chi connectivity index (χ0v) is 7.40. The van der Waals surface area contributed by atoms with Gasteiger partial charge in [-0.15, -0.1) is 0 Å². The molecule has 0 saturated carbocycles. The van der Waals surface area contributed by atoms with Crippen LogP contribution in [0.3, 0.4) is 0 Å². The third kappa shape index (κ3) is 2.09. The molecule has 0 unspecified atom stereocenters. The van der Waals surface area contributed by atoms with Crippen molar-refractivity contribution in [2.75, 3.05) is 13.2 Å². The fourth-order valence-corrected chi connectivity index (χ4v) is 1.09. The summed E-state index contributed by atoms with van der Waals surface area (Å²) in [5.41, 5.74) is 0.227. The van der Waals surface area contributed by atoms with Gasteiger partial charge in [-0.25, -0.2) is 4.39 Å². The van der Waals surface area contributed by atoms with Crippen LogP contribution in [0.1, 0.15) is 10.4 Å². The number of carbonyl (C=O) groups is 1. The fraction of sp³-hybridized carbons (Fsp3) is 0.300. The SMILES string of the molecule is O=Cc1cc(F)ccc1OC[C@H]1CO1. The van der Waals surface area contributed by atoms with Gasteiger partial charge in [0.15, 0.2) is 6.29 Å². The van der Waals surface area contributed by atoms with Crippen LogP contribution < -0.4 is 4.74 Å². The van der Waals surface area contributed by atoms with Crippen molar-refractivity contribution in [1.82, 2.24) is 0 Å². The Balaban J connectivity index is 2.09. The molecule has 1 aliphatic rings. The van der Waals surface area contributed by atoms with Crippen molar-refractivity contribution >= 4 is 6.29 Å². The second-order valence-electron chi connectivity index (χ2n) is 3.07. The second kappa shape index (κ2) is 3.75. The molecule has 1 heterocycles. The minimum atomic E-state index is -0.442. The summed E-state index contributed by atoms with van der Waals surface area (Å²) in [6.45, 7) is 1.10. The number of hydrogen-bond acceptors (Lipinski definition) is 3. The molecule has 0 spiro atoms. The van der Waals surface area contributed by atoms with E-state index in [1.807, 2.05) is 0 Å². The van der Waals surface area contributed by atoms with Crippen LogP contribution in [0, 0.1) is 5.82 Å². The molecule has 4 heteroatoms. The summed E-state index contributed by atoms with van der Waals surface area (Å²) >= 11 is 0. The molecule has 3 nitrogen and oxygen atoms in total. The van der Waals surface area contributed by atoms with Crippen molar-refractivity contribution < 1.29 is 18.7 Å². The molecular weight excluding hydrogens is 187 g/mol. The molecule has 1 aliphatic heterocycles. The largest absolute Gasteiger partial charge is 0.490 e. The van der Waals surface area contributed by atoms with E-state index in [-0.39, 0.29) is 11.7 Å². The Labute approximate surface area is 80.4 Å². The number of ether oxygens (including phenoxy) is 2. The maximum Gasteiger partial charge on any atom is 0.153 e. The van der Waals surface area contributed by atoms with Crippen LogP contribution in [0.15, 0.2) is 18.2 Å². The van der Waals surface area contributed by atoms with Crippen molar-refractivity contribution in [2.24, 2.45) is 0 Å². The van der Waals surface area contributed by atoms with Gasteiger partial charge in [0, 0.05) is 0 Å². The summed E-state index contributed by atoms with van der Waals surface area (Å²) in [4.78, 5) is 10.6. The summed E-state index contributed by atoms with van der Waals surface area (Å²) < 4.78 is 22.9. The predicted octanol–water partition coefficient (Wildman–Crippen LogP) is 1.42. The molecule has 0 amide bonds. The van der Waals surface area contributed by atoms with Gasteiger partial charge in [0.2, 0.25) is 0 Å². The molecule has 1 aromatic rings. The Morgan fingerprint density at radius 2 is 2.43 bits per heavy atom. The molecule has 1 aromatic carbocycles. The number of epoxide rings is 1. The molecule has 1 fully saturated rings.